The highest BCUT2D eigenvalue weighted by atomic mass is 16.4. The number of aliphatic carboxylic acids is 1. The van der Waals surface area contributed by atoms with Crippen molar-refractivity contribution in [3.63, 3.8) is 0 Å². The van der Waals surface area contributed by atoms with Gasteiger partial charge in [-0.15, -0.1) is 0 Å². The van der Waals surface area contributed by atoms with E-state index in [1.54, 1.807) is 12.4 Å². The van der Waals surface area contributed by atoms with E-state index in [0.717, 1.165) is 11.3 Å². The van der Waals surface area contributed by atoms with Gasteiger partial charge >= 0.3 is 5.97 Å². The minimum Gasteiger partial charge on any atom is -0.480 e. The van der Waals surface area contributed by atoms with Crippen molar-refractivity contribution in [1.29, 1.82) is 0 Å². The Morgan fingerprint density at radius 1 is 1.15 bits per heavy atom. The molecule has 1 heterocycles. The lowest BCUT2D eigenvalue weighted by Crippen LogP contribution is -2.46. The van der Waals surface area contributed by atoms with Gasteiger partial charge in [0.25, 0.3) is 0 Å². The summed E-state index contributed by atoms with van der Waals surface area (Å²) in [5.74, 6) is -1.15. The van der Waals surface area contributed by atoms with Gasteiger partial charge in [0.15, 0.2) is 0 Å². The maximum Gasteiger partial charge on any atom is 0.326 e. The Bertz CT molecular complexity index is 705. The number of hydrogen-bond acceptors (Lipinski definition) is 4. The largest absolute Gasteiger partial charge is 0.480 e. The van der Waals surface area contributed by atoms with Crippen molar-refractivity contribution < 1.29 is 14.7 Å². The van der Waals surface area contributed by atoms with Crippen LogP contribution < -0.4 is 10.2 Å². The molecule has 138 valence electrons. The van der Waals surface area contributed by atoms with Crippen molar-refractivity contribution in [2.45, 2.75) is 32.9 Å². The molecule has 0 bridgehead atoms. The van der Waals surface area contributed by atoms with Gasteiger partial charge in [0.1, 0.15) is 6.04 Å². The Kier molecular flexibility index (Phi) is 7.14. The van der Waals surface area contributed by atoms with Crippen molar-refractivity contribution in [1.82, 2.24) is 10.3 Å². The average molecular weight is 355 g/mol. The second-order valence-corrected chi connectivity index (χ2v) is 6.64. The monoisotopic (exact) mass is 355 g/mol. The van der Waals surface area contributed by atoms with E-state index in [4.69, 9.17) is 0 Å². The summed E-state index contributed by atoms with van der Waals surface area (Å²) < 4.78 is 0. The molecule has 1 amide bonds. The average Bonchev–Trinajstić information content (AvgIpc) is 2.62. The number of carbonyl (C=O) groups is 2. The van der Waals surface area contributed by atoms with Crippen LogP contribution in [0, 0.1) is 5.92 Å². The molecule has 0 spiro atoms. The van der Waals surface area contributed by atoms with Crippen LogP contribution in [0.4, 0.5) is 5.69 Å². The first-order valence-electron chi connectivity index (χ1n) is 8.66. The van der Waals surface area contributed by atoms with E-state index in [1.165, 1.54) is 0 Å². The number of amides is 1. The van der Waals surface area contributed by atoms with Gasteiger partial charge in [0.2, 0.25) is 5.91 Å². The number of nitrogens with one attached hydrogen (secondary N) is 1. The first-order chi connectivity index (χ1) is 12.5. The number of rotatable bonds is 9. The van der Waals surface area contributed by atoms with Crippen LogP contribution >= 0.6 is 0 Å². The fraction of sp³-hybridized carbons (Fsp3) is 0.350. The number of carboxylic acid groups (broad SMARTS) is 1. The molecule has 0 saturated heterocycles. The van der Waals surface area contributed by atoms with Crippen LogP contribution in [-0.4, -0.2) is 34.6 Å². The van der Waals surface area contributed by atoms with Gasteiger partial charge < -0.3 is 15.3 Å². The number of benzene rings is 1. The van der Waals surface area contributed by atoms with Gasteiger partial charge in [-0.25, -0.2) is 4.79 Å². The van der Waals surface area contributed by atoms with Gasteiger partial charge in [-0.2, -0.15) is 0 Å². The number of anilines is 1. The molecule has 1 aromatic carbocycles. The van der Waals surface area contributed by atoms with Crippen molar-refractivity contribution in [3.05, 3.63) is 60.4 Å². The first kappa shape index (κ1) is 19.4. The van der Waals surface area contributed by atoms with Crippen molar-refractivity contribution in [3.8, 4) is 0 Å². The molecule has 2 aromatic rings. The molecule has 6 heteroatoms. The first-order valence-corrected chi connectivity index (χ1v) is 8.66. The number of carboxylic acids is 1. The molecule has 0 aliphatic rings. The summed E-state index contributed by atoms with van der Waals surface area (Å²) in [6.07, 6.45) is 3.86. The molecule has 2 N–H and O–H groups in total. The van der Waals surface area contributed by atoms with Crippen LogP contribution in [0.25, 0.3) is 0 Å². The van der Waals surface area contributed by atoms with E-state index >= 15 is 0 Å². The Balaban J connectivity index is 2.10. The predicted molar refractivity (Wildman–Crippen MR) is 101 cm³/mol. The van der Waals surface area contributed by atoms with Gasteiger partial charge in [0, 0.05) is 24.6 Å². The molecule has 0 aliphatic heterocycles. The van der Waals surface area contributed by atoms with Crippen LogP contribution in [0.1, 0.15) is 25.8 Å². The number of nitrogens with zero attached hydrogens (tertiary/aromatic N) is 2. The predicted octanol–water partition coefficient (Wildman–Crippen LogP) is 2.70. The van der Waals surface area contributed by atoms with Gasteiger partial charge in [-0.1, -0.05) is 38.1 Å². The summed E-state index contributed by atoms with van der Waals surface area (Å²) in [5, 5.41) is 12.0. The highest BCUT2D eigenvalue weighted by Crippen LogP contribution is 2.16. The maximum absolute atomic E-state index is 12.5. The smallest absolute Gasteiger partial charge is 0.326 e. The molecule has 0 radical (unpaired) electrons. The summed E-state index contributed by atoms with van der Waals surface area (Å²) in [6.45, 7) is 4.44. The number of aromatic nitrogens is 1. The van der Waals surface area contributed by atoms with Crippen LogP contribution in [0.5, 0.6) is 0 Å². The summed E-state index contributed by atoms with van der Waals surface area (Å²) in [4.78, 5) is 29.9. The van der Waals surface area contributed by atoms with Gasteiger partial charge in [-0.3, -0.25) is 9.78 Å². The van der Waals surface area contributed by atoms with Gasteiger partial charge in [-0.05, 0) is 36.1 Å². The Morgan fingerprint density at radius 3 is 2.46 bits per heavy atom. The highest BCUT2D eigenvalue weighted by molar-refractivity contribution is 5.86. The molecular formula is C20H25N3O3. The summed E-state index contributed by atoms with van der Waals surface area (Å²) >= 11 is 0. The minimum absolute atomic E-state index is 0.0702. The third-order valence-electron chi connectivity index (χ3n) is 3.89. The third kappa shape index (κ3) is 6.20. The molecule has 1 atom stereocenters. The summed E-state index contributed by atoms with van der Waals surface area (Å²) in [6, 6.07) is 12.5. The lowest BCUT2D eigenvalue weighted by Gasteiger charge is -2.25. The zero-order chi connectivity index (χ0) is 18.9. The molecule has 0 fully saturated rings. The summed E-state index contributed by atoms with van der Waals surface area (Å²) in [7, 11) is 0. The zero-order valence-electron chi connectivity index (χ0n) is 15.1. The topological polar surface area (TPSA) is 82.5 Å². The molecule has 26 heavy (non-hydrogen) atoms. The lowest BCUT2D eigenvalue weighted by molar-refractivity contribution is -0.142. The number of carbonyl (C=O) groups excluding carboxylic acids is 1. The SMILES string of the molecule is CC(C)CC(NC(=O)CN(Cc1cccnc1)c1ccccc1)C(=O)O. The molecule has 0 saturated carbocycles. The normalized spacial score (nSPS) is 11.8. The molecule has 1 unspecified atom stereocenters. The van der Waals surface area contributed by atoms with Crippen LogP contribution in [0.2, 0.25) is 0 Å². The van der Waals surface area contributed by atoms with Crippen LogP contribution in [0.15, 0.2) is 54.9 Å². The molecular weight excluding hydrogens is 330 g/mol. The minimum atomic E-state index is -1.01. The van der Waals surface area contributed by atoms with E-state index in [2.05, 4.69) is 10.3 Å². The van der Waals surface area contributed by atoms with Crippen molar-refractivity contribution in [2.24, 2.45) is 5.92 Å². The lowest BCUT2D eigenvalue weighted by atomic mass is 10.0. The summed E-state index contributed by atoms with van der Waals surface area (Å²) in [5.41, 5.74) is 1.86. The second-order valence-electron chi connectivity index (χ2n) is 6.64. The van der Waals surface area contributed by atoms with E-state index in [-0.39, 0.29) is 18.4 Å². The Morgan fingerprint density at radius 2 is 1.88 bits per heavy atom. The molecule has 0 aliphatic carbocycles. The highest BCUT2D eigenvalue weighted by Gasteiger charge is 2.22. The quantitative estimate of drug-likeness (QED) is 0.723. The standard InChI is InChI=1S/C20H25N3O3/c1-15(2)11-18(20(25)26)22-19(24)14-23(17-8-4-3-5-9-17)13-16-7-6-10-21-12-16/h3-10,12,15,18H,11,13-14H2,1-2H3,(H,22,24)(H,25,26). The Labute approximate surface area is 153 Å². The molecule has 1 aromatic heterocycles. The number of hydrogen-bond donors (Lipinski definition) is 2. The van der Waals surface area contributed by atoms with E-state index < -0.39 is 12.0 Å². The molecule has 6 nitrogen and oxygen atoms in total. The van der Waals surface area contributed by atoms with Crippen LogP contribution in [0.3, 0.4) is 0 Å². The van der Waals surface area contributed by atoms with E-state index in [0.29, 0.717) is 13.0 Å². The van der Waals surface area contributed by atoms with Crippen molar-refractivity contribution >= 4 is 17.6 Å². The number of para-hydroxylation sites is 1. The fourth-order valence-electron chi connectivity index (χ4n) is 2.70. The fourth-order valence-corrected chi connectivity index (χ4v) is 2.70. The number of pyridine rings is 1. The van der Waals surface area contributed by atoms with E-state index in [1.807, 2.05) is 61.2 Å². The third-order valence-corrected chi connectivity index (χ3v) is 3.89. The maximum atomic E-state index is 12.5. The Hall–Kier alpha value is -2.89. The van der Waals surface area contributed by atoms with Crippen molar-refractivity contribution in [2.75, 3.05) is 11.4 Å². The van der Waals surface area contributed by atoms with Crippen LogP contribution in [-0.2, 0) is 16.1 Å². The second kappa shape index (κ2) is 9.56. The van der Waals surface area contributed by atoms with E-state index in [9.17, 15) is 14.7 Å². The zero-order valence-corrected chi connectivity index (χ0v) is 15.1. The van der Waals surface area contributed by atoms with Gasteiger partial charge in [0.05, 0.1) is 6.54 Å². The molecule has 2 rings (SSSR count).